The number of carbonyl (C=O) groups excluding carboxylic acids is 4. The van der Waals surface area contributed by atoms with Crippen LogP contribution in [0, 0.1) is 19.7 Å². The maximum Gasteiger partial charge on any atom is 0.243 e. The van der Waals surface area contributed by atoms with Gasteiger partial charge in [-0.25, -0.2) is 14.4 Å². The second-order valence-corrected chi connectivity index (χ2v) is 20.8. The normalized spacial score (nSPS) is 16.6. The van der Waals surface area contributed by atoms with Gasteiger partial charge in [0.2, 0.25) is 29.6 Å². The molecule has 2 aliphatic heterocycles. The Balaban J connectivity index is 0.814. The Bertz CT molecular complexity index is 3270. The molecule has 0 radical (unpaired) electrons. The molecule has 20 heteroatoms. The van der Waals surface area contributed by atoms with Crippen LogP contribution in [0.4, 0.5) is 16.2 Å². The highest BCUT2D eigenvalue weighted by Crippen LogP contribution is 2.42. The molecule has 0 bridgehead atoms. The summed E-state index contributed by atoms with van der Waals surface area (Å²) >= 11 is 8.46. The number of halogens is 2. The lowest BCUT2D eigenvalue weighted by atomic mass is 9.96. The molecule has 9 rings (SSSR count). The van der Waals surface area contributed by atoms with Crippen molar-refractivity contribution in [3.63, 3.8) is 0 Å². The number of likely N-dealkylation sites (N-methyl/N-ethyl adjacent to an activating group) is 1. The van der Waals surface area contributed by atoms with Gasteiger partial charge in [0.25, 0.3) is 0 Å². The van der Waals surface area contributed by atoms with Gasteiger partial charge in [-0.15, -0.1) is 11.3 Å². The molecule has 4 atom stereocenters. The quantitative estimate of drug-likeness (QED) is 0.0599. The van der Waals surface area contributed by atoms with Crippen molar-refractivity contribution in [2.45, 2.75) is 71.1 Å². The number of aliphatic hydroxyl groups is 1. The Hall–Kier alpha value is -7.19. The Morgan fingerprint density at radius 2 is 1.76 bits per heavy atom. The zero-order valence-corrected chi connectivity index (χ0v) is 44.6. The van der Waals surface area contributed by atoms with E-state index in [4.69, 9.17) is 25.7 Å². The lowest BCUT2D eigenvalue weighted by molar-refractivity contribution is -0.140. The lowest BCUT2D eigenvalue weighted by Gasteiger charge is -2.35. The number of benzene rings is 4. The summed E-state index contributed by atoms with van der Waals surface area (Å²) < 4.78 is 28.9. The molecule has 0 saturated carbocycles. The first-order valence-corrected chi connectivity index (χ1v) is 26.6. The number of carbonyl (C=O) groups is 4. The third-order valence-corrected chi connectivity index (χ3v) is 15.5. The fourth-order valence-corrected chi connectivity index (χ4v) is 11.1. The predicted molar refractivity (Wildman–Crippen MR) is 291 cm³/mol. The van der Waals surface area contributed by atoms with Crippen molar-refractivity contribution >= 4 is 80.0 Å². The van der Waals surface area contributed by atoms with E-state index in [-0.39, 0.29) is 110 Å². The van der Waals surface area contributed by atoms with Gasteiger partial charge < -0.3 is 49.6 Å². The monoisotopic (exact) mass is 1070 g/mol. The molecule has 17 nitrogen and oxygen atoms in total. The summed E-state index contributed by atoms with van der Waals surface area (Å²) in [6.07, 6.45) is 1.02. The predicted octanol–water partition coefficient (Wildman–Crippen LogP) is 8.24. The van der Waals surface area contributed by atoms with Crippen LogP contribution in [-0.2, 0) is 23.9 Å². The van der Waals surface area contributed by atoms with E-state index in [0.717, 1.165) is 27.3 Å². The van der Waals surface area contributed by atoms with E-state index >= 15 is 4.39 Å². The highest BCUT2D eigenvalue weighted by molar-refractivity contribution is 7.13. The van der Waals surface area contributed by atoms with Crippen LogP contribution in [0.2, 0.25) is 5.02 Å². The van der Waals surface area contributed by atoms with E-state index in [1.54, 1.807) is 47.7 Å². The minimum absolute atomic E-state index is 0.00534. The molecule has 5 heterocycles. The number of likely N-dealkylation sites (tertiary alicyclic amines) is 1. The maximum absolute atomic E-state index is 17.1. The van der Waals surface area contributed by atoms with Gasteiger partial charge >= 0.3 is 0 Å². The number of phenols is 1. The minimum atomic E-state index is -0.896. The third-order valence-electron chi connectivity index (χ3n) is 14.2. The summed E-state index contributed by atoms with van der Waals surface area (Å²) in [5.74, 6) is -1.59. The van der Waals surface area contributed by atoms with Gasteiger partial charge in [0.15, 0.2) is 5.82 Å². The average molecular weight is 1070 g/mol. The van der Waals surface area contributed by atoms with Crippen LogP contribution in [0.1, 0.15) is 67.7 Å². The number of nitrogens with one attached hydrogen (secondary N) is 2. The van der Waals surface area contributed by atoms with Crippen LogP contribution >= 0.6 is 22.9 Å². The number of phenolic OH excluding ortho intramolecular Hbond substituents is 1. The van der Waals surface area contributed by atoms with E-state index in [0.29, 0.717) is 59.5 Å². The van der Waals surface area contributed by atoms with E-state index in [1.165, 1.54) is 22.8 Å². The number of rotatable bonds is 18. The molecule has 2 fully saturated rings. The number of ether oxygens (including phenoxy) is 1. The summed E-state index contributed by atoms with van der Waals surface area (Å²) in [6.45, 7) is 9.62. The number of thiazole rings is 1. The smallest absolute Gasteiger partial charge is 0.243 e. The number of aromatic nitrogens is 3. The summed E-state index contributed by atoms with van der Waals surface area (Å²) in [4.78, 5) is 75.3. The van der Waals surface area contributed by atoms with Crippen LogP contribution in [0.25, 0.3) is 43.2 Å². The number of aromatic hydroxyl groups is 1. The van der Waals surface area contributed by atoms with E-state index in [1.807, 2.05) is 79.7 Å². The molecular weight excluding hydrogens is 1010 g/mol. The van der Waals surface area contributed by atoms with E-state index in [9.17, 15) is 29.4 Å². The number of anilines is 2. The Morgan fingerprint density at radius 3 is 2.47 bits per heavy atom. The average Bonchev–Trinajstić information content (AvgIpc) is 4.16. The zero-order chi connectivity index (χ0) is 53.8. The number of aliphatic hydroxyl groups excluding tert-OH is 1. The Morgan fingerprint density at radius 1 is 1.00 bits per heavy atom. The molecule has 3 aromatic heterocycles. The summed E-state index contributed by atoms with van der Waals surface area (Å²) in [6, 6.07) is 20.5. The van der Waals surface area contributed by atoms with Gasteiger partial charge in [-0.3, -0.25) is 19.2 Å². The molecule has 7 aromatic rings. The molecule has 4 N–H and O–H groups in total. The number of hydrogen-bond acceptors (Lipinski definition) is 14. The Labute approximate surface area is 448 Å². The van der Waals surface area contributed by atoms with Crippen molar-refractivity contribution in [2.24, 2.45) is 0 Å². The van der Waals surface area contributed by atoms with Crippen molar-refractivity contribution in [2.75, 3.05) is 76.3 Å². The Kier molecular flexibility index (Phi) is 16.5. The van der Waals surface area contributed by atoms with Gasteiger partial charge in [0.1, 0.15) is 28.9 Å². The number of hydrogen-bond donors (Lipinski definition) is 4. The van der Waals surface area contributed by atoms with E-state index in [2.05, 4.69) is 20.6 Å². The largest absolute Gasteiger partial charge is 0.508 e. The number of furan rings is 1. The zero-order valence-electron chi connectivity index (χ0n) is 43.0. The summed E-state index contributed by atoms with van der Waals surface area (Å²) in [5.41, 5.74) is 5.99. The van der Waals surface area contributed by atoms with Crippen LogP contribution < -0.4 is 15.5 Å². The summed E-state index contributed by atoms with van der Waals surface area (Å²) in [5, 5.41) is 29.5. The fourth-order valence-electron chi connectivity index (χ4n) is 10.0. The fraction of sp³-hybridized carbons (Fsp3) is 0.375. The first kappa shape index (κ1) is 53.6. The van der Waals surface area contributed by atoms with Crippen LogP contribution in [-0.4, -0.2) is 142 Å². The summed E-state index contributed by atoms with van der Waals surface area (Å²) in [7, 11) is 1.66. The first-order valence-electron chi connectivity index (χ1n) is 25.4. The molecule has 2 saturated heterocycles. The molecule has 0 aliphatic carbocycles. The van der Waals surface area contributed by atoms with Gasteiger partial charge in [-0.1, -0.05) is 60.1 Å². The van der Waals surface area contributed by atoms with Crippen LogP contribution in [0.5, 0.6) is 5.75 Å². The number of aryl methyl sites for hydroxylation is 2. The molecule has 398 valence electrons. The highest BCUT2D eigenvalue weighted by Gasteiger charge is 2.42. The standard InChI is InChI=1S/C56H61ClFN9O8S/c1-32-24-47(75-30-32)42(55(73)67-29-40(70)27-46(67)54(72)61-33(2)36-10-12-37(13-11-36)52-34(3)60-31-76-52)15-22-74-23-21-64(5)48(71)14-16-59-56-62-51-44(53(63-56)66-19-17-65(18-20-66)35(4)68)28-45(57)49(50(51)58)43-26-39(69)25-38-8-6-7-9-41(38)43/h6-13,24-26,28,30-31,33,40,42,46,69-70H,14-23,27,29H2,1-5H3,(H,61,72)(H,59,62,63)/t33-,40+,42?,46-/m0/s1. The van der Waals surface area contributed by atoms with E-state index < -0.39 is 23.9 Å². The second kappa shape index (κ2) is 23.4. The number of piperazine rings is 1. The molecule has 1 unspecified atom stereocenters. The number of β-amino-alcohol motifs (C(OH)–C–C–N with tert-alkyl or cyclic N) is 1. The molecule has 0 spiro atoms. The minimum Gasteiger partial charge on any atom is -0.508 e. The van der Waals surface area contributed by atoms with Crippen molar-refractivity contribution < 1.29 is 42.9 Å². The SMILES string of the molecule is CC(=O)N1CCN(c2nc(NCCC(=O)N(C)CCOCCC(C(=O)N3C[C@H](O)C[C@H]3C(=O)N[C@@H](C)c3ccc(-c4scnc4C)cc3)c3cc(C)co3)nc3c(F)c(-c4cc(O)cc5ccccc45)c(Cl)cc23)CC1. The van der Waals surface area contributed by atoms with Crippen molar-refractivity contribution in [3.05, 3.63) is 118 Å². The molecule has 76 heavy (non-hydrogen) atoms. The van der Waals surface area contributed by atoms with Gasteiger partial charge in [0.05, 0.1) is 52.0 Å². The molecule has 4 aromatic carbocycles. The third kappa shape index (κ3) is 11.8. The van der Waals surface area contributed by atoms with Crippen molar-refractivity contribution in [3.8, 4) is 27.3 Å². The van der Waals surface area contributed by atoms with Crippen LogP contribution in [0.15, 0.2) is 89.0 Å². The topological polar surface area (TPSA) is 207 Å². The van der Waals surface area contributed by atoms with Gasteiger partial charge in [-0.05, 0) is 84.5 Å². The number of nitrogens with zero attached hydrogens (tertiary/aromatic N) is 7. The van der Waals surface area contributed by atoms with Crippen molar-refractivity contribution in [1.82, 2.24) is 35.0 Å². The van der Waals surface area contributed by atoms with Gasteiger partial charge in [-0.2, -0.15) is 4.98 Å². The molecule has 2 aliphatic rings. The van der Waals surface area contributed by atoms with Crippen LogP contribution in [0.3, 0.4) is 0 Å². The number of fused-ring (bicyclic) bond motifs is 2. The maximum atomic E-state index is 17.1. The second-order valence-electron chi connectivity index (χ2n) is 19.5. The molecule has 4 amide bonds. The lowest BCUT2D eigenvalue weighted by Crippen LogP contribution is -2.48. The first-order chi connectivity index (χ1) is 36.5. The number of amides is 4. The van der Waals surface area contributed by atoms with Gasteiger partial charge in [0, 0.05) is 90.2 Å². The van der Waals surface area contributed by atoms with Crippen molar-refractivity contribution in [1.29, 1.82) is 0 Å². The highest BCUT2D eigenvalue weighted by atomic mass is 35.5. The molecular formula is C56H61ClFN9O8S.